The van der Waals surface area contributed by atoms with Gasteiger partial charge in [0.25, 0.3) is 5.91 Å². The van der Waals surface area contributed by atoms with E-state index < -0.39 is 11.9 Å². The van der Waals surface area contributed by atoms with E-state index in [0.717, 1.165) is 5.69 Å². The molecule has 0 radical (unpaired) electrons. The number of halogens is 2. The smallest absolute Gasteiger partial charge is 0.253 e. The van der Waals surface area contributed by atoms with Gasteiger partial charge in [-0.3, -0.25) is 9.59 Å². The minimum absolute atomic E-state index is 0.137. The summed E-state index contributed by atoms with van der Waals surface area (Å²) in [5, 5.41) is 6.64. The van der Waals surface area contributed by atoms with Crippen LogP contribution >= 0.6 is 23.2 Å². The third-order valence-electron chi connectivity index (χ3n) is 4.93. The number of nitrogens with zero attached hydrogens (tertiary/aromatic N) is 1. The summed E-state index contributed by atoms with van der Waals surface area (Å²) in [4.78, 5) is 27.9. The van der Waals surface area contributed by atoms with E-state index in [1.807, 2.05) is 19.9 Å². The number of morpholine rings is 1. The van der Waals surface area contributed by atoms with Gasteiger partial charge in [0.15, 0.2) is 0 Å². The zero-order valence-electron chi connectivity index (χ0n) is 17.0. The lowest BCUT2D eigenvalue weighted by Gasteiger charge is -2.32. The molecule has 1 atom stereocenters. The molecule has 0 aliphatic carbocycles. The lowest BCUT2D eigenvalue weighted by Crippen LogP contribution is -2.47. The Kier molecular flexibility index (Phi) is 7.58. The van der Waals surface area contributed by atoms with E-state index in [1.54, 1.807) is 36.4 Å². The average molecular weight is 450 g/mol. The fourth-order valence-corrected chi connectivity index (χ4v) is 3.85. The Morgan fingerprint density at radius 2 is 1.67 bits per heavy atom. The van der Waals surface area contributed by atoms with E-state index in [-0.39, 0.29) is 11.8 Å². The lowest BCUT2D eigenvalue weighted by molar-refractivity contribution is -0.118. The molecule has 1 aliphatic rings. The molecule has 2 aromatic carbocycles. The van der Waals surface area contributed by atoms with E-state index >= 15 is 0 Å². The SMILES string of the molecule is CC(C)C(NC(=O)c1ccccc1Cl)C(=O)Nc1cccc(Cl)c1N1CCOCC1. The second-order valence-electron chi connectivity index (χ2n) is 7.40. The number of rotatable bonds is 6. The molecule has 2 N–H and O–H groups in total. The van der Waals surface area contributed by atoms with E-state index in [0.29, 0.717) is 47.6 Å². The molecule has 1 saturated heterocycles. The minimum Gasteiger partial charge on any atom is -0.378 e. The Hall–Kier alpha value is -2.28. The van der Waals surface area contributed by atoms with Crippen molar-refractivity contribution in [1.82, 2.24) is 5.32 Å². The molecule has 0 saturated carbocycles. The number of para-hydroxylation sites is 1. The summed E-state index contributed by atoms with van der Waals surface area (Å²) in [6, 6.07) is 11.4. The fourth-order valence-electron chi connectivity index (χ4n) is 3.33. The predicted octanol–water partition coefficient (Wildman–Crippen LogP) is 4.22. The van der Waals surface area contributed by atoms with E-state index in [2.05, 4.69) is 15.5 Å². The summed E-state index contributed by atoms with van der Waals surface area (Å²) >= 11 is 12.6. The van der Waals surface area contributed by atoms with Gasteiger partial charge in [0.1, 0.15) is 6.04 Å². The van der Waals surface area contributed by atoms with Gasteiger partial charge in [-0.2, -0.15) is 0 Å². The largest absolute Gasteiger partial charge is 0.378 e. The molecule has 1 heterocycles. The second-order valence-corrected chi connectivity index (χ2v) is 8.21. The van der Waals surface area contributed by atoms with Crippen molar-refractivity contribution in [3.8, 4) is 0 Å². The van der Waals surface area contributed by atoms with E-state index in [4.69, 9.17) is 27.9 Å². The molecular formula is C22H25Cl2N3O3. The number of anilines is 2. The molecule has 0 aromatic heterocycles. The number of carbonyl (C=O) groups excluding carboxylic acids is 2. The van der Waals surface area contributed by atoms with Gasteiger partial charge in [-0.05, 0) is 30.2 Å². The highest BCUT2D eigenvalue weighted by Gasteiger charge is 2.27. The van der Waals surface area contributed by atoms with Gasteiger partial charge in [-0.15, -0.1) is 0 Å². The molecule has 2 amide bonds. The van der Waals surface area contributed by atoms with Crippen molar-refractivity contribution >= 4 is 46.4 Å². The third kappa shape index (κ3) is 5.25. The van der Waals surface area contributed by atoms with Crippen LogP contribution < -0.4 is 15.5 Å². The van der Waals surface area contributed by atoms with Crippen LogP contribution in [0.1, 0.15) is 24.2 Å². The molecule has 1 unspecified atom stereocenters. The summed E-state index contributed by atoms with van der Waals surface area (Å²) in [7, 11) is 0. The topological polar surface area (TPSA) is 70.7 Å². The van der Waals surface area contributed by atoms with Crippen LogP contribution in [0, 0.1) is 5.92 Å². The summed E-state index contributed by atoms with van der Waals surface area (Å²) in [5.74, 6) is -0.849. The first-order valence-electron chi connectivity index (χ1n) is 9.86. The molecule has 8 heteroatoms. The average Bonchev–Trinajstić information content (AvgIpc) is 2.72. The van der Waals surface area contributed by atoms with Crippen LogP contribution in [0.25, 0.3) is 0 Å². The Bertz CT molecular complexity index is 914. The van der Waals surface area contributed by atoms with Crippen LogP contribution in [0.15, 0.2) is 42.5 Å². The monoisotopic (exact) mass is 449 g/mol. The zero-order valence-corrected chi connectivity index (χ0v) is 18.5. The standard InChI is InChI=1S/C22H25Cl2N3O3/c1-14(2)19(26-21(28)15-6-3-4-7-16(15)23)22(29)25-18-9-5-8-17(24)20(18)27-10-12-30-13-11-27/h3-9,14,19H,10-13H2,1-2H3,(H,25,29)(H,26,28). The first-order chi connectivity index (χ1) is 14.4. The highest BCUT2D eigenvalue weighted by Crippen LogP contribution is 2.34. The van der Waals surface area contributed by atoms with Crippen LogP contribution in [0.5, 0.6) is 0 Å². The summed E-state index contributed by atoms with van der Waals surface area (Å²) in [6.45, 7) is 6.31. The van der Waals surface area contributed by atoms with Crippen molar-refractivity contribution in [2.45, 2.75) is 19.9 Å². The number of nitrogens with one attached hydrogen (secondary N) is 2. The van der Waals surface area contributed by atoms with Crippen molar-refractivity contribution in [3.63, 3.8) is 0 Å². The van der Waals surface area contributed by atoms with Gasteiger partial charge < -0.3 is 20.3 Å². The highest BCUT2D eigenvalue weighted by molar-refractivity contribution is 6.34. The normalized spacial score (nSPS) is 15.0. The fraction of sp³-hybridized carbons (Fsp3) is 0.364. The van der Waals surface area contributed by atoms with Crippen molar-refractivity contribution in [1.29, 1.82) is 0 Å². The van der Waals surface area contributed by atoms with Gasteiger partial charge in [0.2, 0.25) is 5.91 Å². The van der Waals surface area contributed by atoms with E-state index in [1.165, 1.54) is 0 Å². The first-order valence-corrected chi connectivity index (χ1v) is 10.6. The molecule has 160 valence electrons. The van der Waals surface area contributed by atoms with Crippen LogP contribution in [0.2, 0.25) is 10.0 Å². The van der Waals surface area contributed by atoms with Crippen LogP contribution in [0.4, 0.5) is 11.4 Å². The summed E-state index contributed by atoms with van der Waals surface area (Å²) < 4.78 is 5.42. The minimum atomic E-state index is -0.745. The highest BCUT2D eigenvalue weighted by atomic mass is 35.5. The quantitative estimate of drug-likeness (QED) is 0.692. The third-order valence-corrected chi connectivity index (χ3v) is 5.56. The lowest BCUT2D eigenvalue weighted by atomic mass is 10.0. The van der Waals surface area contributed by atoms with Gasteiger partial charge >= 0.3 is 0 Å². The van der Waals surface area contributed by atoms with E-state index in [9.17, 15) is 9.59 Å². The molecule has 0 spiro atoms. The second kappa shape index (κ2) is 10.2. The maximum Gasteiger partial charge on any atom is 0.253 e. The molecular weight excluding hydrogens is 425 g/mol. The van der Waals surface area contributed by atoms with Crippen LogP contribution in [-0.2, 0) is 9.53 Å². The van der Waals surface area contributed by atoms with Crippen molar-refractivity contribution < 1.29 is 14.3 Å². The van der Waals surface area contributed by atoms with Gasteiger partial charge in [-0.1, -0.05) is 55.2 Å². The molecule has 3 rings (SSSR count). The molecule has 30 heavy (non-hydrogen) atoms. The van der Waals surface area contributed by atoms with Gasteiger partial charge in [-0.25, -0.2) is 0 Å². The molecule has 0 bridgehead atoms. The maximum absolute atomic E-state index is 13.1. The Labute approximate surface area is 186 Å². The number of amides is 2. The van der Waals surface area contributed by atoms with Crippen LogP contribution in [-0.4, -0.2) is 44.2 Å². The summed E-state index contributed by atoms with van der Waals surface area (Å²) in [5.41, 5.74) is 1.69. The zero-order chi connectivity index (χ0) is 21.7. The van der Waals surface area contributed by atoms with Crippen molar-refractivity contribution in [3.05, 3.63) is 58.1 Å². The summed E-state index contributed by atoms with van der Waals surface area (Å²) in [6.07, 6.45) is 0. The first kappa shape index (κ1) is 22.4. The number of carbonyl (C=O) groups is 2. The Morgan fingerprint density at radius 3 is 2.33 bits per heavy atom. The van der Waals surface area contributed by atoms with Crippen LogP contribution in [0.3, 0.4) is 0 Å². The van der Waals surface area contributed by atoms with Gasteiger partial charge in [0, 0.05) is 13.1 Å². The van der Waals surface area contributed by atoms with Gasteiger partial charge in [0.05, 0.1) is 40.2 Å². The maximum atomic E-state index is 13.1. The number of ether oxygens (including phenoxy) is 1. The predicted molar refractivity (Wildman–Crippen MR) is 121 cm³/mol. The molecule has 1 fully saturated rings. The molecule has 6 nitrogen and oxygen atoms in total. The van der Waals surface area contributed by atoms with Crippen molar-refractivity contribution in [2.75, 3.05) is 36.5 Å². The molecule has 1 aliphatic heterocycles. The number of hydrogen-bond donors (Lipinski definition) is 2. The Balaban J connectivity index is 1.80. The molecule has 2 aromatic rings. The number of hydrogen-bond acceptors (Lipinski definition) is 4. The Morgan fingerprint density at radius 1 is 1.00 bits per heavy atom. The number of benzene rings is 2. The van der Waals surface area contributed by atoms with Crippen molar-refractivity contribution in [2.24, 2.45) is 5.92 Å².